The van der Waals surface area contributed by atoms with Gasteiger partial charge in [-0.2, -0.15) is 5.26 Å². The van der Waals surface area contributed by atoms with Gasteiger partial charge in [0.15, 0.2) is 0 Å². The topological polar surface area (TPSA) is 36.3 Å². The van der Waals surface area contributed by atoms with Crippen LogP contribution in [0.3, 0.4) is 0 Å². The zero-order valence-corrected chi connectivity index (χ0v) is 11.9. The average Bonchev–Trinajstić information content (AvgIpc) is 2.41. The summed E-state index contributed by atoms with van der Waals surface area (Å²) in [6.45, 7) is 8.56. The Labute approximate surface area is 115 Å². The van der Waals surface area contributed by atoms with E-state index in [1.54, 1.807) is 6.07 Å². The van der Waals surface area contributed by atoms with Crippen molar-refractivity contribution in [2.75, 3.05) is 26.2 Å². The lowest BCUT2D eigenvalue weighted by molar-refractivity contribution is 0.116. The lowest BCUT2D eigenvalue weighted by atomic mass is 9.83. The molecule has 3 nitrogen and oxygen atoms in total. The first kappa shape index (κ1) is 13.9. The van der Waals surface area contributed by atoms with Crippen molar-refractivity contribution < 1.29 is 4.74 Å². The van der Waals surface area contributed by atoms with E-state index in [0.717, 1.165) is 19.6 Å². The number of likely N-dealkylation sites (tertiary alicyclic amines) is 1. The maximum absolute atomic E-state index is 8.98. The molecule has 19 heavy (non-hydrogen) atoms. The molecule has 1 aromatic carbocycles. The monoisotopic (exact) mass is 258 g/mol. The largest absolute Gasteiger partial charge is 0.491 e. The number of ether oxygens (including phenoxy) is 1. The number of hydrogen-bond donors (Lipinski definition) is 0. The van der Waals surface area contributed by atoms with Crippen LogP contribution in [0.25, 0.3) is 0 Å². The number of rotatable bonds is 4. The standard InChI is InChI=1S/C16H22N2O/c1-16(2)7-9-18(10-8-16)11-12-19-15-6-4-3-5-14(15)13-17/h3-6H,7-12H2,1-2H3. The van der Waals surface area contributed by atoms with Crippen molar-refractivity contribution in [2.24, 2.45) is 5.41 Å². The van der Waals surface area contributed by atoms with Gasteiger partial charge >= 0.3 is 0 Å². The molecular formula is C16H22N2O. The molecule has 1 heterocycles. The van der Waals surface area contributed by atoms with Gasteiger partial charge in [0, 0.05) is 6.54 Å². The second kappa shape index (κ2) is 6.08. The first-order valence-corrected chi connectivity index (χ1v) is 6.95. The lowest BCUT2D eigenvalue weighted by Gasteiger charge is -2.36. The van der Waals surface area contributed by atoms with E-state index < -0.39 is 0 Å². The van der Waals surface area contributed by atoms with Crippen molar-refractivity contribution in [2.45, 2.75) is 26.7 Å². The molecular weight excluding hydrogens is 236 g/mol. The van der Waals surface area contributed by atoms with Gasteiger partial charge in [0.2, 0.25) is 0 Å². The van der Waals surface area contributed by atoms with Crippen LogP contribution in [0.1, 0.15) is 32.3 Å². The number of piperidine rings is 1. The van der Waals surface area contributed by atoms with Crippen molar-refractivity contribution >= 4 is 0 Å². The summed E-state index contributed by atoms with van der Waals surface area (Å²) < 4.78 is 5.72. The quantitative estimate of drug-likeness (QED) is 0.832. The lowest BCUT2D eigenvalue weighted by Crippen LogP contribution is -2.39. The summed E-state index contributed by atoms with van der Waals surface area (Å²) in [5, 5.41) is 8.98. The Hall–Kier alpha value is -1.53. The molecule has 0 amide bonds. The molecule has 1 aromatic rings. The second-order valence-electron chi connectivity index (χ2n) is 5.96. The highest BCUT2D eigenvalue weighted by molar-refractivity contribution is 5.42. The Kier molecular flexibility index (Phi) is 4.44. The minimum Gasteiger partial charge on any atom is -0.491 e. The minimum atomic E-state index is 0.491. The summed E-state index contributed by atoms with van der Waals surface area (Å²) in [6, 6.07) is 9.57. The number of nitrogens with zero attached hydrogens (tertiary/aromatic N) is 2. The molecule has 2 rings (SSSR count). The molecule has 0 bridgehead atoms. The highest BCUT2D eigenvalue weighted by atomic mass is 16.5. The van der Waals surface area contributed by atoms with Crippen LogP contribution in [0, 0.1) is 16.7 Å². The van der Waals surface area contributed by atoms with E-state index in [0.29, 0.717) is 23.3 Å². The van der Waals surface area contributed by atoms with Crippen LogP contribution in [0.15, 0.2) is 24.3 Å². The molecule has 1 saturated heterocycles. The minimum absolute atomic E-state index is 0.491. The van der Waals surface area contributed by atoms with Gasteiger partial charge in [0.25, 0.3) is 0 Å². The predicted molar refractivity (Wildman–Crippen MR) is 76.1 cm³/mol. The molecule has 3 heteroatoms. The fourth-order valence-electron chi connectivity index (χ4n) is 2.35. The summed E-state index contributed by atoms with van der Waals surface area (Å²) in [7, 11) is 0. The third-order valence-corrected chi connectivity index (χ3v) is 3.88. The van der Waals surface area contributed by atoms with E-state index in [1.165, 1.54) is 12.8 Å². The first-order valence-electron chi connectivity index (χ1n) is 6.95. The zero-order valence-electron chi connectivity index (χ0n) is 11.9. The second-order valence-corrected chi connectivity index (χ2v) is 5.96. The van der Waals surface area contributed by atoms with Crippen LogP contribution in [0.2, 0.25) is 0 Å². The highest BCUT2D eigenvalue weighted by Crippen LogP contribution is 2.29. The maximum atomic E-state index is 8.98. The van der Waals surface area contributed by atoms with Gasteiger partial charge in [-0.1, -0.05) is 26.0 Å². The van der Waals surface area contributed by atoms with E-state index in [4.69, 9.17) is 10.00 Å². The molecule has 0 atom stereocenters. The van der Waals surface area contributed by atoms with Crippen LogP contribution < -0.4 is 4.74 Å². The van der Waals surface area contributed by atoms with Crippen LogP contribution in [0.5, 0.6) is 5.75 Å². The fourth-order valence-corrected chi connectivity index (χ4v) is 2.35. The summed E-state index contributed by atoms with van der Waals surface area (Å²) in [4.78, 5) is 2.44. The SMILES string of the molecule is CC1(C)CCN(CCOc2ccccc2C#N)CC1. The molecule has 0 radical (unpaired) electrons. The predicted octanol–water partition coefficient (Wildman–Crippen LogP) is 3.06. The van der Waals surface area contributed by atoms with E-state index in [1.807, 2.05) is 18.2 Å². The number of nitriles is 1. The van der Waals surface area contributed by atoms with Crippen molar-refractivity contribution in [3.8, 4) is 11.8 Å². The number of benzene rings is 1. The van der Waals surface area contributed by atoms with Gasteiger partial charge in [-0.05, 0) is 43.5 Å². The molecule has 0 N–H and O–H groups in total. The maximum Gasteiger partial charge on any atom is 0.137 e. The Morgan fingerprint density at radius 3 is 2.63 bits per heavy atom. The Morgan fingerprint density at radius 2 is 1.95 bits per heavy atom. The van der Waals surface area contributed by atoms with E-state index in [-0.39, 0.29) is 0 Å². The van der Waals surface area contributed by atoms with E-state index in [9.17, 15) is 0 Å². The Morgan fingerprint density at radius 1 is 1.26 bits per heavy atom. The summed E-state index contributed by atoms with van der Waals surface area (Å²) >= 11 is 0. The summed E-state index contributed by atoms with van der Waals surface area (Å²) in [5.41, 5.74) is 1.10. The van der Waals surface area contributed by atoms with Crippen LogP contribution >= 0.6 is 0 Å². The van der Waals surface area contributed by atoms with Crippen molar-refractivity contribution in [3.63, 3.8) is 0 Å². The van der Waals surface area contributed by atoms with Crippen LogP contribution in [0.4, 0.5) is 0 Å². The van der Waals surface area contributed by atoms with Crippen molar-refractivity contribution in [3.05, 3.63) is 29.8 Å². The van der Waals surface area contributed by atoms with Gasteiger partial charge in [-0.15, -0.1) is 0 Å². The zero-order chi connectivity index (χ0) is 13.7. The Bertz CT molecular complexity index is 452. The van der Waals surface area contributed by atoms with Crippen LogP contribution in [-0.2, 0) is 0 Å². The molecule has 0 unspecified atom stereocenters. The third-order valence-electron chi connectivity index (χ3n) is 3.88. The third kappa shape index (κ3) is 3.97. The van der Waals surface area contributed by atoms with Gasteiger partial charge in [-0.3, -0.25) is 4.90 Å². The van der Waals surface area contributed by atoms with E-state index in [2.05, 4.69) is 24.8 Å². The molecule has 102 valence electrons. The van der Waals surface area contributed by atoms with Gasteiger partial charge in [-0.25, -0.2) is 0 Å². The van der Waals surface area contributed by atoms with E-state index >= 15 is 0 Å². The summed E-state index contributed by atoms with van der Waals surface area (Å²) in [5.74, 6) is 0.697. The molecule has 1 aliphatic heterocycles. The average molecular weight is 258 g/mol. The van der Waals surface area contributed by atoms with Crippen molar-refractivity contribution in [1.29, 1.82) is 5.26 Å². The molecule has 1 aliphatic rings. The number of para-hydroxylation sites is 1. The molecule has 0 spiro atoms. The molecule has 0 saturated carbocycles. The van der Waals surface area contributed by atoms with Crippen LogP contribution in [-0.4, -0.2) is 31.1 Å². The molecule has 0 aliphatic carbocycles. The normalized spacial score (nSPS) is 18.8. The first-order chi connectivity index (χ1) is 9.11. The van der Waals surface area contributed by atoms with Gasteiger partial charge in [0.1, 0.15) is 18.4 Å². The molecule has 1 fully saturated rings. The smallest absolute Gasteiger partial charge is 0.137 e. The summed E-state index contributed by atoms with van der Waals surface area (Å²) in [6.07, 6.45) is 2.50. The Balaban J connectivity index is 1.77. The highest BCUT2D eigenvalue weighted by Gasteiger charge is 2.24. The van der Waals surface area contributed by atoms with Crippen molar-refractivity contribution in [1.82, 2.24) is 4.90 Å². The van der Waals surface area contributed by atoms with Gasteiger partial charge < -0.3 is 4.74 Å². The number of hydrogen-bond acceptors (Lipinski definition) is 3. The fraction of sp³-hybridized carbons (Fsp3) is 0.562. The van der Waals surface area contributed by atoms with Gasteiger partial charge in [0.05, 0.1) is 5.56 Å². The molecule has 0 aromatic heterocycles.